The molecule has 8 fully saturated rings. The molecule has 0 atom stereocenters. The van der Waals surface area contributed by atoms with Crippen molar-refractivity contribution in [2.24, 2.45) is 56.3 Å². The number of hydrogen-bond acceptors (Lipinski definition) is 7. The maximum absolute atomic E-state index is 13.0. The van der Waals surface area contributed by atoms with Crippen LogP contribution in [0.3, 0.4) is 0 Å². The van der Waals surface area contributed by atoms with E-state index in [1.807, 2.05) is 14.0 Å². The summed E-state index contributed by atoms with van der Waals surface area (Å²) in [5, 5.41) is 3.37. The van der Waals surface area contributed by atoms with Gasteiger partial charge in [0.2, 0.25) is 11.2 Å². The van der Waals surface area contributed by atoms with Crippen LogP contribution in [-0.4, -0.2) is 37.6 Å². The highest BCUT2D eigenvalue weighted by Crippen LogP contribution is 2.62. The number of aromatic nitrogens is 4. The van der Waals surface area contributed by atoms with Gasteiger partial charge >= 0.3 is 0 Å². The fraction of sp³-hybridized carbons (Fsp3) is 0.744. The summed E-state index contributed by atoms with van der Waals surface area (Å²) >= 11 is 6.24. The van der Waals surface area contributed by atoms with Crippen LogP contribution in [0, 0.1) is 46.3 Å². The number of nitrogens with zero attached hydrogens (tertiary/aromatic N) is 6. The first-order valence-corrected chi connectivity index (χ1v) is 19.8. The predicted molar refractivity (Wildman–Crippen MR) is 195 cm³/mol. The van der Waals surface area contributed by atoms with Crippen molar-refractivity contribution in [3.63, 3.8) is 0 Å². The maximum Gasteiger partial charge on any atom is 0.260 e. The Hall–Kier alpha value is -2.81. The van der Waals surface area contributed by atoms with Crippen LogP contribution < -0.4 is 16.4 Å². The standard InChI is InChI=1S/C20H28N4O.C19H24ClN3O/c1-3-4-24-18(25)15-8-16(22-17(15)23-19(24)21-2)20-9-12-5-13(10-20)7-14(6-12)11-20;1-2-3-23-17(24)14-7-15(21-16(14)22-18(23)20)19-8-11-4-12(9-19)6-13(5-11)10-19/h12-14H,3-11H2,1-2H3,(H,21,23);11-13H,2-10H2,1H3. The summed E-state index contributed by atoms with van der Waals surface area (Å²) < 4.78 is 3.40. The number of halogens is 1. The molecule has 12 rings (SSSR count). The lowest BCUT2D eigenvalue weighted by Crippen LogP contribution is -2.50. The van der Waals surface area contributed by atoms with Gasteiger partial charge in [-0.3, -0.25) is 18.7 Å². The zero-order valence-electron chi connectivity index (χ0n) is 29.6. The molecule has 10 aliphatic rings. The number of rotatable bonds is 7. The van der Waals surface area contributed by atoms with E-state index in [0.29, 0.717) is 37.1 Å². The first-order valence-electron chi connectivity index (χ1n) is 19.5. The fourth-order valence-electron chi connectivity index (χ4n) is 12.9. The van der Waals surface area contributed by atoms with E-state index in [1.54, 1.807) is 9.13 Å². The first kappa shape index (κ1) is 32.1. The fourth-order valence-corrected chi connectivity index (χ4v) is 13.1. The van der Waals surface area contributed by atoms with Crippen LogP contribution in [0.25, 0.3) is 0 Å². The average Bonchev–Trinajstić information content (AvgIpc) is 3.70. The number of aliphatic imine (C=N–C) groups is 2. The Labute approximate surface area is 294 Å². The molecule has 4 heterocycles. The topological polar surface area (TPSA) is 107 Å². The number of fused-ring (bicyclic) bond motifs is 2. The van der Waals surface area contributed by atoms with Crippen LogP contribution in [0.1, 0.15) is 115 Å². The molecule has 262 valence electrons. The lowest BCUT2D eigenvalue weighted by atomic mass is 9.48. The van der Waals surface area contributed by atoms with Crippen LogP contribution >= 0.6 is 11.6 Å². The van der Waals surface area contributed by atoms with E-state index in [9.17, 15) is 9.59 Å². The Morgan fingerprint density at radius 1 is 0.653 bits per heavy atom. The highest BCUT2D eigenvalue weighted by Gasteiger charge is 2.55. The minimum atomic E-state index is 0.0235. The summed E-state index contributed by atoms with van der Waals surface area (Å²) in [5.74, 6) is 7.29. The summed E-state index contributed by atoms with van der Waals surface area (Å²) in [7, 11) is 1.83. The van der Waals surface area contributed by atoms with Crippen molar-refractivity contribution in [2.75, 3.05) is 12.4 Å². The highest BCUT2D eigenvalue weighted by molar-refractivity contribution is 6.28. The van der Waals surface area contributed by atoms with Gasteiger partial charge in [-0.2, -0.15) is 9.97 Å². The molecule has 49 heavy (non-hydrogen) atoms. The summed E-state index contributed by atoms with van der Waals surface area (Å²) in [6, 6.07) is 0. The summed E-state index contributed by atoms with van der Waals surface area (Å²) in [5.41, 5.74) is 4.79. The van der Waals surface area contributed by atoms with Gasteiger partial charge in [0.1, 0.15) is 0 Å². The molecule has 0 aromatic carbocycles. The normalized spacial score (nSPS) is 35.5. The molecule has 0 spiro atoms. The van der Waals surface area contributed by atoms with Gasteiger partial charge < -0.3 is 5.32 Å². The summed E-state index contributed by atoms with van der Waals surface area (Å²) in [6.45, 7) is 5.48. The van der Waals surface area contributed by atoms with Gasteiger partial charge in [0, 0.05) is 55.2 Å². The van der Waals surface area contributed by atoms with Crippen molar-refractivity contribution in [3.8, 4) is 0 Å². The SMILES string of the molecule is CCCn1c(Cl)nc2c(c1=O)CC(C13CC4CC(CC(C4)C1)C3)=N2.CCCn1c(NC)nc2c(c1=O)CC(C13CC4CC(CC(C4)C1)C3)=N2. The molecule has 0 amide bonds. The molecular weight excluding hydrogens is 634 g/mol. The molecule has 0 unspecified atom stereocenters. The third-order valence-corrected chi connectivity index (χ3v) is 14.3. The summed E-state index contributed by atoms with van der Waals surface area (Å²) in [6.07, 6.45) is 19.6. The second kappa shape index (κ2) is 11.9. The van der Waals surface area contributed by atoms with Gasteiger partial charge in [-0.25, -0.2) is 9.98 Å². The Morgan fingerprint density at radius 2 is 1.04 bits per heavy atom. The van der Waals surface area contributed by atoms with Crippen molar-refractivity contribution in [1.82, 2.24) is 19.1 Å². The van der Waals surface area contributed by atoms with Crippen LogP contribution in [0.15, 0.2) is 19.6 Å². The first-order chi connectivity index (χ1) is 23.7. The van der Waals surface area contributed by atoms with Gasteiger partial charge in [-0.1, -0.05) is 13.8 Å². The molecule has 8 aliphatic carbocycles. The van der Waals surface area contributed by atoms with Gasteiger partial charge in [-0.05, 0) is 137 Å². The van der Waals surface area contributed by atoms with Gasteiger partial charge in [0.15, 0.2) is 11.6 Å². The molecule has 2 aromatic rings. The van der Waals surface area contributed by atoms with E-state index < -0.39 is 0 Å². The third kappa shape index (κ3) is 5.21. The van der Waals surface area contributed by atoms with Crippen LogP contribution in [-0.2, 0) is 25.9 Å². The largest absolute Gasteiger partial charge is 0.359 e. The molecule has 1 N–H and O–H groups in total. The van der Waals surface area contributed by atoms with Gasteiger partial charge in [-0.15, -0.1) is 0 Å². The zero-order chi connectivity index (χ0) is 33.7. The van der Waals surface area contributed by atoms with Gasteiger partial charge in [0.25, 0.3) is 11.1 Å². The second-order valence-electron chi connectivity index (χ2n) is 17.5. The van der Waals surface area contributed by atoms with E-state index in [-0.39, 0.29) is 27.2 Å². The molecule has 8 bridgehead atoms. The quantitative estimate of drug-likeness (QED) is 0.301. The third-order valence-electron chi connectivity index (χ3n) is 14.0. The van der Waals surface area contributed by atoms with E-state index >= 15 is 0 Å². The Bertz CT molecular complexity index is 1800. The minimum absolute atomic E-state index is 0.0235. The molecule has 0 radical (unpaired) electrons. The Kier molecular flexibility index (Phi) is 7.79. The van der Waals surface area contributed by atoms with Crippen molar-refractivity contribution < 1.29 is 0 Å². The molecule has 2 aliphatic heterocycles. The monoisotopic (exact) mass is 685 g/mol. The number of anilines is 1. The zero-order valence-corrected chi connectivity index (χ0v) is 30.3. The minimum Gasteiger partial charge on any atom is -0.359 e. The van der Waals surface area contributed by atoms with Crippen molar-refractivity contribution in [3.05, 3.63) is 37.1 Å². The lowest BCUT2D eigenvalue weighted by molar-refractivity contribution is -0.0130. The summed E-state index contributed by atoms with van der Waals surface area (Å²) in [4.78, 5) is 44.8. The molecule has 8 saturated carbocycles. The molecule has 9 nitrogen and oxygen atoms in total. The highest BCUT2D eigenvalue weighted by atomic mass is 35.5. The van der Waals surface area contributed by atoms with Crippen molar-refractivity contribution in [1.29, 1.82) is 0 Å². The molecule has 2 aromatic heterocycles. The second-order valence-corrected chi connectivity index (χ2v) is 17.8. The molecular formula is C39H52ClN7O2. The van der Waals surface area contributed by atoms with Crippen molar-refractivity contribution in [2.45, 2.75) is 130 Å². The lowest BCUT2D eigenvalue weighted by Gasteiger charge is -2.56. The predicted octanol–water partition coefficient (Wildman–Crippen LogP) is 7.69. The van der Waals surface area contributed by atoms with E-state index in [2.05, 4.69) is 17.2 Å². The van der Waals surface area contributed by atoms with Gasteiger partial charge in [0.05, 0.1) is 11.1 Å². The van der Waals surface area contributed by atoms with Crippen molar-refractivity contribution >= 4 is 40.6 Å². The van der Waals surface area contributed by atoms with E-state index in [0.717, 1.165) is 65.9 Å². The average molecular weight is 686 g/mol. The number of nitrogens with one attached hydrogen (secondary N) is 1. The Balaban J connectivity index is 0.000000133. The van der Waals surface area contributed by atoms with Crippen LogP contribution in [0.4, 0.5) is 17.6 Å². The van der Waals surface area contributed by atoms with Crippen LogP contribution in [0.2, 0.25) is 5.28 Å². The Morgan fingerprint density at radius 3 is 1.45 bits per heavy atom. The number of hydrogen-bond donors (Lipinski definition) is 1. The molecule has 10 heteroatoms. The maximum atomic E-state index is 13.0. The van der Waals surface area contributed by atoms with E-state index in [1.165, 1.54) is 88.5 Å². The van der Waals surface area contributed by atoms with Crippen LogP contribution in [0.5, 0.6) is 0 Å². The molecule has 0 saturated heterocycles. The van der Waals surface area contributed by atoms with E-state index in [4.69, 9.17) is 26.6 Å². The smallest absolute Gasteiger partial charge is 0.260 e.